The summed E-state index contributed by atoms with van der Waals surface area (Å²) in [4.78, 5) is 19.3. The van der Waals surface area contributed by atoms with Crippen molar-refractivity contribution in [3.63, 3.8) is 0 Å². The molecule has 2 aromatic heterocycles. The molecule has 0 unspecified atom stereocenters. The summed E-state index contributed by atoms with van der Waals surface area (Å²) in [6.45, 7) is 0. The molecule has 15 heavy (non-hydrogen) atoms. The Morgan fingerprint density at radius 3 is 3.00 bits per heavy atom. The molecule has 3 rings (SSSR count). The van der Waals surface area contributed by atoms with E-state index in [0.717, 1.165) is 12.8 Å². The van der Waals surface area contributed by atoms with E-state index >= 15 is 0 Å². The number of aromatic nitrogens is 3. The SMILES string of the molecule is O=C(O)c1nc2cccnc2n1C1CC1. The second-order valence-corrected chi connectivity index (χ2v) is 3.69. The van der Waals surface area contributed by atoms with E-state index in [1.807, 2.05) is 0 Å². The number of rotatable bonds is 2. The van der Waals surface area contributed by atoms with Crippen LogP contribution in [0.5, 0.6) is 0 Å². The number of fused-ring (bicyclic) bond motifs is 1. The van der Waals surface area contributed by atoms with Crippen molar-refractivity contribution in [1.82, 2.24) is 14.5 Å². The lowest BCUT2D eigenvalue weighted by Crippen LogP contribution is -2.08. The fourth-order valence-corrected chi connectivity index (χ4v) is 1.76. The molecule has 5 heteroatoms. The van der Waals surface area contributed by atoms with Crippen LogP contribution in [0.4, 0.5) is 0 Å². The minimum absolute atomic E-state index is 0.103. The molecular weight excluding hydrogens is 194 g/mol. The van der Waals surface area contributed by atoms with E-state index in [1.165, 1.54) is 0 Å². The van der Waals surface area contributed by atoms with Crippen LogP contribution in [-0.4, -0.2) is 25.6 Å². The second kappa shape index (κ2) is 2.79. The summed E-state index contributed by atoms with van der Waals surface area (Å²) in [5.41, 5.74) is 1.33. The van der Waals surface area contributed by atoms with Gasteiger partial charge in [-0.15, -0.1) is 0 Å². The van der Waals surface area contributed by atoms with Crippen LogP contribution in [0, 0.1) is 0 Å². The molecule has 0 amide bonds. The van der Waals surface area contributed by atoms with Crippen LogP contribution in [0.2, 0.25) is 0 Å². The van der Waals surface area contributed by atoms with Crippen molar-refractivity contribution >= 4 is 17.1 Å². The number of imidazole rings is 1. The maximum Gasteiger partial charge on any atom is 0.372 e. The zero-order valence-corrected chi connectivity index (χ0v) is 7.92. The molecule has 0 aliphatic heterocycles. The second-order valence-electron chi connectivity index (χ2n) is 3.69. The smallest absolute Gasteiger partial charge is 0.372 e. The Hall–Kier alpha value is -1.91. The third-order valence-corrected chi connectivity index (χ3v) is 2.55. The number of carboxylic acid groups (broad SMARTS) is 1. The number of aromatic carboxylic acids is 1. The first kappa shape index (κ1) is 8.40. The lowest BCUT2D eigenvalue weighted by Gasteiger charge is -2.01. The van der Waals surface area contributed by atoms with Gasteiger partial charge in [0.2, 0.25) is 5.82 Å². The highest BCUT2D eigenvalue weighted by atomic mass is 16.4. The van der Waals surface area contributed by atoms with Gasteiger partial charge in [0.1, 0.15) is 5.52 Å². The molecular formula is C10H9N3O2. The molecule has 1 saturated carbocycles. The fraction of sp³-hybridized carbons (Fsp3) is 0.300. The molecule has 2 heterocycles. The van der Waals surface area contributed by atoms with E-state index in [9.17, 15) is 4.79 Å². The molecule has 0 spiro atoms. The Balaban J connectivity index is 2.33. The van der Waals surface area contributed by atoms with Gasteiger partial charge in [-0.25, -0.2) is 14.8 Å². The van der Waals surface area contributed by atoms with Gasteiger partial charge in [-0.1, -0.05) is 0 Å². The summed E-state index contributed by atoms with van der Waals surface area (Å²) in [6, 6.07) is 3.82. The van der Waals surface area contributed by atoms with Crippen LogP contribution in [0.15, 0.2) is 18.3 Å². The molecule has 0 bridgehead atoms. The van der Waals surface area contributed by atoms with Crippen molar-refractivity contribution in [2.75, 3.05) is 0 Å². The van der Waals surface area contributed by atoms with Gasteiger partial charge in [0.05, 0.1) is 0 Å². The average Bonchev–Trinajstić information content (AvgIpc) is 2.98. The predicted molar refractivity (Wildman–Crippen MR) is 52.8 cm³/mol. The number of nitrogens with zero attached hydrogens (tertiary/aromatic N) is 3. The number of carbonyl (C=O) groups is 1. The highest BCUT2D eigenvalue weighted by Crippen LogP contribution is 2.38. The van der Waals surface area contributed by atoms with Gasteiger partial charge in [0, 0.05) is 12.2 Å². The minimum atomic E-state index is -0.986. The first-order valence-corrected chi connectivity index (χ1v) is 4.83. The van der Waals surface area contributed by atoms with Gasteiger partial charge in [-0.2, -0.15) is 0 Å². The van der Waals surface area contributed by atoms with E-state index in [2.05, 4.69) is 9.97 Å². The molecule has 0 saturated heterocycles. The Morgan fingerprint density at radius 2 is 2.33 bits per heavy atom. The molecule has 5 nitrogen and oxygen atoms in total. The first-order chi connectivity index (χ1) is 7.27. The van der Waals surface area contributed by atoms with E-state index < -0.39 is 5.97 Å². The monoisotopic (exact) mass is 203 g/mol. The Bertz CT molecular complexity index is 543. The van der Waals surface area contributed by atoms with Crippen molar-refractivity contribution in [3.05, 3.63) is 24.2 Å². The highest BCUT2D eigenvalue weighted by Gasteiger charge is 2.30. The van der Waals surface area contributed by atoms with Crippen molar-refractivity contribution < 1.29 is 9.90 Å². The average molecular weight is 203 g/mol. The summed E-state index contributed by atoms with van der Waals surface area (Å²) < 4.78 is 1.73. The van der Waals surface area contributed by atoms with Crippen molar-refractivity contribution in [1.29, 1.82) is 0 Å². The third-order valence-electron chi connectivity index (χ3n) is 2.55. The standard InChI is InChI=1S/C10H9N3O2/c14-10(15)9-12-7-2-1-5-11-8(7)13(9)6-3-4-6/h1-2,5-6H,3-4H2,(H,14,15). The topological polar surface area (TPSA) is 68.0 Å². The molecule has 1 fully saturated rings. The molecule has 76 valence electrons. The van der Waals surface area contributed by atoms with Crippen LogP contribution in [0.1, 0.15) is 29.5 Å². The van der Waals surface area contributed by atoms with E-state index in [4.69, 9.17) is 5.11 Å². The molecule has 1 N–H and O–H groups in total. The van der Waals surface area contributed by atoms with E-state index in [1.54, 1.807) is 22.9 Å². The van der Waals surface area contributed by atoms with E-state index in [0.29, 0.717) is 11.2 Å². The lowest BCUT2D eigenvalue weighted by atomic mass is 10.4. The quantitative estimate of drug-likeness (QED) is 0.802. The third kappa shape index (κ3) is 1.20. The van der Waals surface area contributed by atoms with Gasteiger partial charge in [0.25, 0.3) is 0 Å². The van der Waals surface area contributed by atoms with Crippen molar-refractivity contribution in [3.8, 4) is 0 Å². The molecule has 0 aromatic carbocycles. The van der Waals surface area contributed by atoms with Gasteiger partial charge in [-0.05, 0) is 25.0 Å². The number of pyridine rings is 1. The Labute approximate surface area is 85.4 Å². The Morgan fingerprint density at radius 1 is 1.53 bits per heavy atom. The Kier molecular flexibility index (Phi) is 1.56. The molecule has 0 radical (unpaired) electrons. The van der Waals surface area contributed by atoms with Gasteiger partial charge < -0.3 is 5.11 Å². The lowest BCUT2D eigenvalue weighted by molar-refractivity contribution is 0.0678. The van der Waals surface area contributed by atoms with Crippen LogP contribution < -0.4 is 0 Å². The minimum Gasteiger partial charge on any atom is -0.475 e. The normalized spacial score (nSPS) is 15.7. The maximum atomic E-state index is 11.0. The zero-order valence-electron chi connectivity index (χ0n) is 7.92. The van der Waals surface area contributed by atoms with E-state index in [-0.39, 0.29) is 11.9 Å². The molecule has 2 aromatic rings. The zero-order chi connectivity index (χ0) is 10.4. The van der Waals surface area contributed by atoms with Crippen LogP contribution in [0.3, 0.4) is 0 Å². The van der Waals surface area contributed by atoms with Crippen molar-refractivity contribution in [2.24, 2.45) is 0 Å². The largest absolute Gasteiger partial charge is 0.475 e. The molecule has 0 atom stereocenters. The molecule has 1 aliphatic rings. The summed E-state index contributed by atoms with van der Waals surface area (Å²) in [5, 5.41) is 9.03. The number of carboxylic acids is 1. The summed E-state index contributed by atoms with van der Waals surface area (Å²) in [7, 11) is 0. The van der Waals surface area contributed by atoms with Gasteiger partial charge in [0.15, 0.2) is 5.65 Å². The van der Waals surface area contributed by atoms with Gasteiger partial charge in [-0.3, -0.25) is 4.57 Å². The highest BCUT2D eigenvalue weighted by molar-refractivity contribution is 5.88. The number of hydrogen-bond acceptors (Lipinski definition) is 3. The fourth-order valence-electron chi connectivity index (χ4n) is 1.76. The summed E-state index contributed by atoms with van der Waals surface area (Å²) >= 11 is 0. The van der Waals surface area contributed by atoms with Crippen LogP contribution in [-0.2, 0) is 0 Å². The summed E-state index contributed by atoms with van der Waals surface area (Å²) in [5.74, 6) is -0.883. The van der Waals surface area contributed by atoms with Crippen LogP contribution in [0.25, 0.3) is 11.2 Å². The maximum absolute atomic E-state index is 11.0. The van der Waals surface area contributed by atoms with Crippen LogP contribution >= 0.6 is 0 Å². The van der Waals surface area contributed by atoms with Gasteiger partial charge >= 0.3 is 5.97 Å². The predicted octanol–water partition coefficient (Wildman–Crippen LogP) is 1.46. The first-order valence-electron chi connectivity index (χ1n) is 4.83. The molecule has 1 aliphatic carbocycles. The van der Waals surface area contributed by atoms with Crippen molar-refractivity contribution in [2.45, 2.75) is 18.9 Å². The summed E-state index contributed by atoms with van der Waals surface area (Å²) in [6.07, 6.45) is 3.69. The number of hydrogen-bond donors (Lipinski definition) is 1.